The van der Waals surface area contributed by atoms with Gasteiger partial charge < -0.3 is 4.74 Å². The Morgan fingerprint density at radius 1 is 1.14 bits per heavy atom. The minimum atomic E-state index is -0.218. The zero-order chi connectivity index (χ0) is 25.1. The molecule has 0 unspecified atom stereocenters. The van der Waals surface area contributed by atoms with Crippen LogP contribution in [-0.2, 0) is 9.53 Å². The molecule has 0 aliphatic heterocycles. The predicted molar refractivity (Wildman–Crippen MR) is 143 cm³/mol. The average Bonchev–Trinajstić information content (AvgIpc) is 3.24. The number of nitrogens with zero attached hydrogens (tertiary/aromatic N) is 3. The van der Waals surface area contributed by atoms with Crippen molar-refractivity contribution in [3.63, 3.8) is 0 Å². The molecule has 2 aromatic carbocycles. The van der Waals surface area contributed by atoms with Gasteiger partial charge in [0.05, 0.1) is 11.4 Å². The number of thioether (sulfide) groups is 1. The third kappa shape index (κ3) is 6.22. The summed E-state index contributed by atoms with van der Waals surface area (Å²) < 4.78 is 7.91. The topological polar surface area (TPSA) is 57.0 Å². The fourth-order valence-corrected chi connectivity index (χ4v) is 5.71. The highest BCUT2D eigenvalue weighted by atomic mass is 35.5. The van der Waals surface area contributed by atoms with Gasteiger partial charge in [0.2, 0.25) is 0 Å². The zero-order valence-electron chi connectivity index (χ0n) is 20.5. The molecule has 1 aliphatic rings. The second-order valence-corrected chi connectivity index (χ2v) is 11.5. The smallest absolute Gasteiger partial charge is 0.316 e. The van der Waals surface area contributed by atoms with E-state index in [1.807, 2.05) is 54.0 Å². The van der Waals surface area contributed by atoms with Crippen LogP contribution < -0.4 is 0 Å². The summed E-state index contributed by atoms with van der Waals surface area (Å²) in [5.41, 5.74) is 2.67. The second kappa shape index (κ2) is 11.4. The fourth-order valence-electron chi connectivity index (χ4n) is 4.68. The molecule has 0 bridgehead atoms. The van der Waals surface area contributed by atoms with Crippen molar-refractivity contribution in [1.82, 2.24) is 14.8 Å². The Morgan fingerprint density at radius 2 is 1.89 bits per heavy atom. The van der Waals surface area contributed by atoms with Crippen molar-refractivity contribution in [2.75, 3.05) is 5.75 Å². The number of benzene rings is 2. The molecule has 1 aliphatic carbocycles. The van der Waals surface area contributed by atoms with Gasteiger partial charge in [0, 0.05) is 15.6 Å². The summed E-state index contributed by atoms with van der Waals surface area (Å²) in [6.07, 6.45) is 3.21. The van der Waals surface area contributed by atoms with Crippen molar-refractivity contribution in [3.05, 3.63) is 58.1 Å². The van der Waals surface area contributed by atoms with Crippen molar-refractivity contribution in [2.45, 2.75) is 58.2 Å². The lowest BCUT2D eigenvalue weighted by Crippen LogP contribution is -2.36. The molecule has 186 valence electrons. The molecule has 0 spiro atoms. The van der Waals surface area contributed by atoms with E-state index in [1.165, 1.54) is 18.2 Å². The molecule has 1 saturated carbocycles. The number of rotatable bonds is 7. The number of aromatic nitrogens is 3. The molecule has 1 fully saturated rings. The Bertz CT molecular complexity index is 1180. The molecule has 3 atom stereocenters. The van der Waals surface area contributed by atoms with E-state index in [0.717, 1.165) is 29.7 Å². The van der Waals surface area contributed by atoms with E-state index in [4.69, 9.17) is 27.9 Å². The summed E-state index contributed by atoms with van der Waals surface area (Å²) in [7, 11) is 0. The van der Waals surface area contributed by atoms with Gasteiger partial charge in [-0.2, -0.15) is 0 Å². The summed E-state index contributed by atoms with van der Waals surface area (Å²) in [6.45, 7) is 8.62. The van der Waals surface area contributed by atoms with Crippen molar-refractivity contribution < 1.29 is 9.53 Å². The number of carbonyl (C=O) groups is 1. The summed E-state index contributed by atoms with van der Waals surface area (Å²) in [5, 5.41) is 10.7. The SMILES string of the molecule is Cc1ccc(-n2c(SCC(=O)O[C@H]3C[C@H](C)CC[C@@H]3C(C)C)nnc2-c2ccc(Cl)cc2)cc1Cl. The molecule has 1 heterocycles. The Balaban J connectivity index is 1.57. The van der Waals surface area contributed by atoms with E-state index in [1.54, 1.807) is 0 Å². The summed E-state index contributed by atoms with van der Waals surface area (Å²) >= 11 is 13.8. The third-order valence-electron chi connectivity index (χ3n) is 6.71. The molecule has 4 rings (SSSR count). The maximum Gasteiger partial charge on any atom is 0.316 e. The van der Waals surface area contributed by atoms with Crippen LogP contribution in [0.2, 0.25) is 10.0 Å². The molecule has 0 saturated heterocycles. The normalized spacial score (nSPS) is 20.3. The first-order valence-corrected chi connectivity index (χ1v) is 13.8. The van der Waals surface area contributed by atoms with Gasteiger partial charge in [0.15, 0.2) is 11.0 Å². The predicted octanol–water partition coefficient (Wildman–Crippen LogP) is 7.65. The monoisotopic (exact) mass is 531 g/mol. The number of aryl methyl sites for hydroxylation is 1. The Kier molecular flexibility index (Phi) is 8.46. The highest BCUT2D eigenvalue weighted by Gasteiger charge is 2.33. The van der Waals surface area contributed by atoms with Gasteiger partial charge in [-0.25, -0.2) is 0 Å². The number of carbonyl (C=O) groups excluding carboxylic acids is 1. The van der Waals surface area contributed by atoms with Gasteiger partial charge in [-0.1, -0.05) is 68.2 Å². The van der Waals surface area contributed by atoms with Crippen LogP contribution in [0.25, 0.3) is 17.1 Å². The van der Waals surface area contributed by atoms with E-state index in [0.29, 0.717) is 38.8 Å². The maximum atomic E-state index is 12.9. The van der Waals surface area contributed by atoms with Crippen LogP contribution in [0.15, 0.2) is 47.6 Å². The van der Waals surface area contributed by atoms with Crippen LogP contribution in [0.1, 0.15) is 45.6 Å². The van der Waals surface area contributed by atoms with Crippen LogP contribution in [0.3, 0.4) is 0 Å². The Labute approximate surface area is 221 Å². The molecule has 1 aromatic heterocycles. The lowest BCUT2D eigenvalue weighted by Gasteiger charge is -2.36. The Hall–Kier alpha value is -2.02. The fraction of sp³-hybridized carbons (Fsp3) is 0.444. The van der Waals surface area contributed by atoms with E-state index < -0.39 is 0 Å². The first-order valence-electron chi connectivity index (χ1n) is 12.0. The van der Waals surface area contributed by atoms with Crippen molar-refractivity contribution in [1.29, 1.82) is 0 Å². The van der Waals surface area contributed by atoms with Gasteiger partial charge in [-0.05, 0) is 79.5 Å². The minimum absolute atomic E-state index is 0.0229. The van der Waals surface area contributed by atoms with Gasteiger partial charge in [0.25, 0.3) is 0 Å². The molecule has 8 heteroatoms. The number of ether oxygens (including phenoxy) is 1. The Morgan fingerprint density at radius 3 is 2.57 bits per heavy atom. The quantitative estimate of drug-likeness (QED) is 0.231. The number of esters is 1. The van der Waals surface area contributed by atoms with Crippen LogP contribution in [0.5, 0.6) is 0 Å². The lowest BCUT2D eigenvalue weighted by molar-refractivity contribution is -0.152. The lowest BCUT2D eigenvalue weighted by atomic mass is 9.75. The molecule has 0 radical (unpaired) electrons. The number of hydrogen-bond donors (Lipinski definition) is 0. The van der Waals surface area contributed by atoms with Gasteiger partial charge in [0.1, 0.15) is 6.10 Å². The van der Waals surface area contributed by atoms with E-state index in [2.05, 4.69) is 31.0 Å². The molecule has 3 aromatic rings. The summed E-state index contributed by atoms with van der Waals surface area (Å²) in [4.78, 5) is 12.9. The van der Waals surface area contributed by atoms with Crippen LogP contribution >= 0.6 is 35.0 Å². The van der Waals surface area contributed by atoms with Crippen molar-refractivity contribution >= 4 is 40.9 Å². The van der Waals surface area contributed by atoms with Crippen LogP contribution in [0, 0.1) is 24.7 Å². The molecule has 35 heavy (non-hydrogen) atoms. The maximum absolute atomic E-state index is 12.9. The zero-order valence-corrected chi connectivity index (χ0v) is 22.8. The standard InChI is InChI=1S/C27H31Cl2N3O2S/c1-16(2)22-12-5-17(3)13-24(22)34-25(33)15-35-27-31-30-26(19-7-9-20(28)10-8-19)32(27)21-11-6-18(4)23(29)14-21/h6-11,14,16-17,22,24H,5,12-13,15H2,1-4H3/t17-,22-,24+/m1/s1. The van der Waals surface area contributed by atoms with E-state index in [9.17, 15) is 4.79 Å². The molecular weight excluding hydrogens is 501 g/mol. The summed E-state index contributed by atoms with van der Waals surface area (Å²) in [6, 6.07) is 13.3. The third-order valence-corrected chi connectivity index (χ3v) is 8.27. The first kappa shape index (κ1) is 26.1. The van der Waals surface area contributed by atoms with E-state index >= 15 is 0 Å². The molecular formula is C27H31Cl2N3O2S. The van der Waals surface area contributed by atoms with Gasteiger partial charge in [-0.15, -0.1) is 10.2 Å². The minimum Gasteiger partial charge on any atom is -0.461 e. The molecule has 0 amide bonds. The first-order chi connectivity index (χ1) is 16.7. The van der Waals surface area contributed by atoms with Crippen LogP contribution in [-0.4, -0.2) is 32.6 Å². The van der Waals surface area contributed by atoms with Gasteiger partial charge in [-0.3, -0.25) is 9.36 Å². The highest BCUT2D eigenvalue weighted by Crippen LogP contribution is 2.36. The van der Waals surface area contributed by atoms with Crippen LogP contribution in [0.4, 0.5) is 0 Å². The number of hydrogen-bond acceptors (Lipinski definition) is 5. The average molecular weight is 533 g/mol. The van der Waals surface area contributed by atoms with Crippen molar-refractivity contribution in [3.8, 4) is 17.1 Å². The van der Waals surface area contributed by atoms with Crippen molar-refractivity contribution in [2.24, 2.45) is 17.8 Å². The number of halogens is 2. The summed E-state index contributed by atoms with van der Waals surface area (Å²) in [5.74, 6) is 2.07. The van der Waals surface area contributed by atoms with Gasteiger partial charge >= 0.3 is 5.97 Å². The molecule has 5 nitrogen and oxygen atoms in total. The highest BCUT2D eigenvalue weighted by molar-refractivity contribution is 7.99. The van der Waals surface area contributed by atoms with E-state index in [-0.39, 0.29) is 17.8 Å². The second-order valence-electron chi connectivity index (χ2n) is 9.73. The largest absolute Gasteiger partial charge is 0.461 e. The molecule has 0 N–H and O–H groups in total.